The first kappa shape index (κ1) is 21.6. The number of carboxylic acids is 1. The Morgan fingerprint density at radius 3 is 2.72 bits per heavy atom. The maximum Gasteiger partial charge on any atom is 0.336 e. The van der Waals surface area contributed by atoms with Gasteiger partial charge in [-0.1, -0.05) is 6.07 Å². The minimum atomic E-state index is -1.50. The minimum Gasteiger partial charge on any atom is -0.496 e. The number of hydrogen-bond donors (Lipinski definition) is 2. The molecule has 2 aromatic heterocycles. The van der Waals surface area contributed by atoms with Crippen LogP contribution in [0.5, 0.6) is 5.75 Å². The Morgan fingerprint density at radius 2 is 2.00 bits per heavy atom. The summed E-state index contributed by atoms with van der Waals surface area (Å²) in [5.74, 6) is -0.816. The van der Waals surface area contributed by atoms with Gasteiger partial charge in [0.15, 0.2) is 5.16 Å². The summed E-state index contributed by atoms with van der Waals surface area (Å²) in [5.41, 5.74) is 4.26. The van der Waals surface area contributed by atoms with E-state index in [9.17, 15) is 18.5 Å². The molecule has 4 aromatic rings. The number of halogens is 1. The van der Waals surface area contributed by atoms with Crippen LogP contribution in [0.3, 0.4) is 0 Å². The van der Waals surface area contributed by atoms with Gasteiger partial charge in [-0.25, -0.2) is 14.2 Å². The molecular formula is C23H20FN3O4S. The molecular weight excluding hydrogens is 433 g/mol. The number of aromatic amines is 1. The van der Waals surface area contributed by atoms with Crippen LogP contribution >= 0.6 is 0 Å². The summed E-state index contributed by atoms with van der Waals surface area (Å²) in [6.07, 6.45) is 1.68. The molecule has 9 heteroatoms. The Morgan fingerprint density at radius 1 is 1.22 bits per heavy atom. The first-order chi connectivity index (χ1) is 15.3. The maximum atomic E-state index is 13.8. The predicted molar refractivity (Wildman–Crippen MR) is 119 cm³/mol. The van der Waals surface area contributed by atoms with Gasteiger partial charge in [0.05, 0.1) is 46.0 Å². The zero-order valence-corrected chi connectivity index (χ0v) is 18.4. The van der Waals surface area contributed by atoms with Gasteiger partial charge >= 0.3 is 5.97 Å². The van der Waals surface area contributed by atoms with Crippen LogP contribution in [0, 0.1) is 19.7 Å². The lowest BCUT2D eigenvalue weighted by molar-refractivity contribution is 0.0697. The highest BCUT2D eigenvalue weighted by atomic mass is 32.2. The molecule has 2 aromatic carbocycles. The van der Waals surface area contributed by atoms with Gasteiger partial charge in [-0.15, -0.1) is 0 Å². The standard InChI is InChI=1S/C23H20FN3O4S/c1-12-10-25-20(13(2)21(12)31-3)11-32(30)23-26-18-7-4-14(8-19(18)27-23)17-9-15(24)5-6-16(17)22(28)29/h4-10H,11H2,1-3H3,(H,26,27)(H,28,29). The SMILES string of the molecule is COc1c(C)cnc(CS(=O)c2nc3ccc(-c4cc(F)ccc4C(=O)O)cc3[nH]2)c1C. The fourth-order valence-electron chi connectivity index (χ4n) is 3.61. The fourth-order valence-corrected chi connectivity index (χ4v) is 4.71. The van der Waals surface area contributed by atoms with Crippen molar-refractivity contribution in [3.63, 3.8) is 0 Å². The van der Waals surface area contributed by atoms with Gasteiger partial charge in [0.25, 0.3) is 0 Å². The van der Waals surface area contributed by atoms with Crippen LogP contribution in [0.1, 0.15) is 27.2 Å². The first-order valence-electron chi connectivity index (χ1n) is 9.69. The molecule has 0 aliphatic carbocycles. The number of H-pyrrole nitrogens is 1. The Kier molecular flexibility index (Phi) is 5.75. The molecule has 0 fully saturated rings. The third-order valence-corrected chi connectivity index (χ3v) is 6.38. The van der Waals surface area contributed by atoms with Crippen LogP contribution in [-0.2, 0) is 16.6 Å². The van der Waals surface area contributed by atoms with E-state index in [1.807, 2.05) is 13.8 Å². The Hall–Kier alpha value is -3.59. The highest BCUT2D eigenvalue weighted by Gasteiger charge is 2.18. The maximum absolute atomic E-state index is 13.8. The third-order valence-electron chi connectivity index (χ3n) is 5.22. The Balaban J connectivity index is 1.68. The summed E-state index contributed by atoms with van der Waals surface area (Å²) in [6.45, 7) is 3.76. The van der Waals surface area contributed by atoms with Gasteiger partial charge in [0, 0.05) is 17.3 Å². The topological polar surface area (TPSA) is 105 Å². The van der Waals surface area contributed by atoms with Crippen molar-refractivity contribution in [3.8, 4) is 16.9 Å². The van der Waals surface area contributed by atoms with E-state index in [0.29, 0.717) is 28.0 Å². The van der Waals surface area contributed by atoms with Crippen LogP contribution in [0.25, 0.3) is 22.2 Å². The second-order valence-electron chi connectivity index (χ2n) is 7.30. The van der Waals surface area contributed by atoms with Crippen molar-refractivity contribution in [2.24, 2.45) is 0 Å². The normalized spacial score (nSPS) is 12.1. The van der Waals surface area contributed by atoms with E-state index in [1.54, 1.807) is 31.5 Å². The second kappa shape index (κ2) is 8.51. The van der Waals surface area contributed by atoms with E-state index in [-0.39, 0.29) is 22.0 Å². The number of ether oxygens (including phenoxy) is 1. The molecule has 0 bridgehead atoms. The smallest absolute Gasteiger partial charge is 0.336 e. The van der Waals surface area contributed by atoms with Gasteiger partial charge in [0.2, 0.25) is 0 Å². The molecule has 0 aliphatic heterocycles. The Labute approximate surface area is 185 Å². The van der Waals surface area contributed by atoms with Crippen LogP contribution in [-0.4, -0.2) is 37.3 Å². The second-order valence-corrected chi connectivity index (χ2v) is 8.67. The van der Waals surface area contributed by atoms with Crippen molar-refractivity contribution < 1.29 is 23.2 Å². The zero-order chi connectivity index (χ0) is 23.0. The van der Waals surface area contributed by atoms with E-state index < -0.39 is 22.6 Å². The molecule has 0 amide bonds. The molecule has 0 radical (unpaired) electrons. The van der Waals surface area contributed by atoms with Gasteiger partial charge in [-0.3, -0.25) is 9.19 Å². The molecule has 164 valence electrons. The Bertz CT molecular complexity index is 1380. The summed E-state index contributed by atoms with van der Waals surface area (Å²) >= 11 is 0. The highest BCUT2D eigenvalue weighted by Crippen LogP contribution is 2.29. The molecule has 32 heavy (non-hydrogen) atoms. The van der Waals surface area contributed by atoms with Crippen molar-refractivity contribution in [1.82, 2.24) is 15.0 Å². The molecule has 1 atom stereocenters. The van der Waals surface area contributed by atoms with Crippen molar-refractivity contribution in [2.45, 2.75) is 24.8 Å². The summed E-state index contributed by atoms with van der Waals surface area (Å²) in [4.78, 5) is 23.4. The summed E-state index contributed by atoms with van der Waals surface area (Å²) in [6, 6.07) is 8.53. The molecule has 0 aliphatic rings. The lowest BCUT2D eigenvalue weighted by Crippen LogP contribution is -2.05. The van der Waals surface area contributed by atoms with E-state index in [1.165, 1.54) is 12.1 Å². The number of imidazole rings is 1. The van der Waals surface area contributed by atoms with Crippen LogP contribution < -0.4 is 4.74 Å². The van der Waals surface area contributed by atoms with Crippen LogP contribution in [0.15, 0.2) is 47.8 Å². The number of carbonyl (C=O) groups is 1. The quantitative estimate of drug-likeness (QED) is 0.448. The van der Waals surface area contributed by atoms with E-state index >= 15 is 0 Å². The van der Waals surface area contributed by atoms with E-state index in [4.69, 9.17) is 4.74 Å². The molecule has 0 saturated heterocycles. The number of carboxylic acid groups (broad SMARTS) is 1. The average molecular weight is 453 g/mol. The average Bonchev–Trinajstić information content (AvgIpc) is 3.19. The van der Waals surface area contributed by atoms with E-state index in [0.717, 1.165) is 17.2 Å². The number of pyridine rings is 1. The third kappa shape index (κ3) is 3.99. The fraction of sp³-hybridized carbons (Fsp3) is 0.174. The highest BCUT2D eigenvalue weighted by molar-refractivity contribution is 7.84. The molecule has 2 N–H and O–H groups in total. The first-order valence-corrected chi connectivity index (χ1v) is 11.0. The van der Waals surface area contributed by atoms with Crippen molar-refractivity contribution in [1.29, 1.82) is 0 Å². The minimum absolute atomic E-state index is 0.0102. The number of nitrogens with zero attached hydrogens (tertiary/aromatic N) is 2. The lowest BCUT2D eigenvalue weighted by atomic mass is 9.99. The predicted octanol–water partition coefficient (Wildman–Crippen LogP) is 4.40. The van der Waals surface area contributed by atoms with Crippen LogP contribution in [0.4, 0.5) is 4.39 Å². The van der Waals surface area contributed by atoms with Crippen molar-refractivity contribution in [3.05, 3.63) is 70.8 Å². The van der Waals surface area contributed by atoms with Gasteiger partial charge in [-0.2, -0.15) is 0 Å². The van der Waals surface area contributed by atoms with Crippen molar-refractivity contribution >= 4 is 27.8 Å². The summed E-state index contributed by atoms with van der Waals surface area (Å²) < 4.78 is 32.2. The molecule has 0 spiro atoms. The largest absolute Gasteiger partial charge is 0.496 e. The number of hydrogen-bond acceptors (Lipinski definition) is 5. The molecule has 1 unspecified atom stereocenters. The molecule has 0 saturated carbocycles. The molecule has 2 heterocycles. The van der Waals surface area contributed by atoms with Gasteiger partial charge in [0.1, 0.15) is 11.6 Å². The lowest BCUT2D eigenvalue weighted by Gasteiger charge is -2.11. The number of aryl methyl sites for hydroxylation is 1. The van der Waals surface area contributed by atoms with Crippen molar-refractivity contribution in [2.75, 3.05) is 7.11 Å². The van der Waals surface area contributed by atoms with Crippen LogP contribution in [0.2, 0.25) is 0 Å². The number of fused-ring (bicyclic) bond motifs is 1. The summed E-state index contributed by atoms with van der Waals surface area (Å²) in [5, 5.41) is 9.70. The number of aromatic nitrogens is 3. The summed E-state index contributed by atoms with van der Waals surface area (Å²) in [7, 11) is 0.0851. The number of benzene rings is 2. The monoisotopic (exact) mass is 453 g/mol. The van der Waals surface area contributed by atoms with Gasteiger partial charge < -0.3 is 14.8 Å². The number of methoxy groups -OCH3 is 1. The molecule has 4 rings (SSSR count). The van der Waals surface area contributed by atoms with Gasteiger partial charge in [-0.05, 0) is 55.3 Å². The van der Waals surface area contributed by atoms with E-state index in [2.05, 4.69) is 15.0 Å². The number of rotatable bonds is 6. The number of nitrogens with one attached hydrogen (secondary N) is 1. The molecule has 7 nitrogen and oxygen atoms in total. The number of aromatic carboxylic acids is 1. The zero-order valence-electron chi connectivity index (χ0n) is 17.6.